The molecule has 0 saturated carbocycles. The summed E-state index contributed by atoms with van der Waals surface area (Å²) in [6, 6.07) is 11.6. The number of amides is 1. The number of fused-ring (bicyclic) bond motifs is 1. The monoisotopic (exact) mass is 398 g/mol. The van der Waals surface area contributed by atoms with Gasteiger partial charge in [0.2, 0.25) is 0 Å². The summed E-state index contributed by atoms with van der Waals surface area (Å²) >= 11 is 1.19. The standard InChI is InChI=1S/C22H26N2O3S/c1-6-18(27-19-11-14(4)7-8-15(19)5)21(25)23-16-9-10-17-20(12-16)28-22(26)24(17)13(2)3/h7-13,18H,6H2,1-5H3,(H,23,25)/t18-/m1/s1. The molecule has 1 N–H and O–H groups in total. The van der Waals surface area contributed by atoms with Gasteiger partial charge in [0.25, 0.3) is 5.91 Å². The molecule has 0 fully saturated rings. The second kappa shape index (κ2) is 8.19. The maximum atomic E-state index is 12.8. The highest BCUT2D eigenvalue weighted by Gasteiger charge is 2.20. The number of aromatic nitrogens is 1. The highest BCUT2D eigenvalue weighted by atomic mass is 32.1. The zero-order chi connectivity index (χ0) is 20.4. The lowest BCUT2D eigenvalue weighted by Crippen LogP contribution is -2.32. The average molecular weight is 399 g/mol. The Hall–Kier alpha value is -2.60. The second-order valence-corrected chi connectivity index (χ2v) is 8.28. The van der Waals surface area contributed by atoms with Crippen LogP contribution in [0, 0.1) is 13.8 Å². The molecule has 0 radical (unpaired) electrons. The first-order valence-electron chi connectivity index (χ1n) is 9.50. The zero-order valence-electron chi connectivity index (χ0n) is 16.9. The van der Waals surface area contributed by atoms with E-state index in [1.807, 2.05) is 71.0 Å². The average Bonchev–Trinajstić information content (AvgIpc) is 2.97. The van der Waals surface area contributed by atoms with Gasteiger partial charge < -0.3 is 10.1 Å². The quantitative estimate of drug-likeness (QED) is 0.631. The fraction of sp³-hybridized carbons (Fsp3) is 0.364. The molecule has 0 unspecified atom stereocenters. The minimum Gasteiger partial charge on any atom is -0.480 e. The Bertz CT molecular complexity index is 1070. The van der Waals surface area contributed by atoms with Gasteiger partial charge in [0.05, 0.1) is 10.2 Å². The van der Waals surface area contributed by atoms with E-state index in [0.717, 1.165) is 27.1 Å². The predicted octanol–water partition coefficient (Wildman–Crippen LogP) is 5.06. The number of thiazole rings is 1. The summed E-state index contributed by atoms with van der Waals surface area (Å²) in [6.45, 7) is 9.86. The summed E-state index contributed by atoms with van der Waals surface area (Å²) < 4.78 is 8.62. The van der Waals surface area contributed by atoms with E-state index >= 15 is 0 Å². The van der Waals surface area contributed by atoms with Crippen LogP contribution in [0.5, 0.6) is 5.75 Å². The molecular weight excluding hydrogens is 372 g/mol. The maximum absolute atomic E-state index is 12.8. The van der Waals surface area contributed by atoms with Gasteiger partial charge in [-0.2, -0.15) is 0 Å². The SMILES string of the molecule is CC[C@@H](Oc1cc(C)ccc1C)C(=O)Nc1ccc2c(c1)sc(=O)n2C(C)C. The number of nitrogens with zero attached hydrogens (tertiary/aromatic N) is 1. The van der Waals surface area contributed by atoms with Crippen molar-refractivity contribution in [3.8, 4) is 5.75 Å². The third-order valence-corrected chi connectivity index (χ3v) is 5.59. The summed E-state index contributed by atoms with van der Waals surface area (Å²) in [4.78, 5) is 25.0. The number of anilines is 1. The molecule has 0 bridgehead atoms. The van der Waals surface area contributed by atoms with Crippen molar-refractivity contribution in [3.63, 3.8) is 0 Å². The minimum absolute atomic E-state index is 0.0122. The number of carbonyl (C=O) groups excluding carboxylic acids is 1. The van der Waals surface area contributed by atoms with Crippen molar-refractivity contribution in [2.45, 2.75) is 53.2 Å². The van der Waals surface area contributed by atoms with Crippen molar-refractivity contribution >= 4 is 33.1 Å². The summed E-state index contributed by atoms with van der Waals surface area (Å²) in [5.74, 6) is 0.531. The molecule has 1 aromatic heterocycles. The smallest absolute Gasteiger partial charge is 0.308 e. The van der Waals surface area contributed by atoms with Crippen LogP contribution in [0.15, 0.2) is 41.2 Å². The number of hydrogen-bond donors (Lipinski definition) is 1. The molecule has 0 aliphatic carbocycles. The van der Waals surface area contributed by atoms with Crippen LogP contribution < -0.4 is 14.9 Å². The summed E-state index contributed by atoms with van der Waals surface area (Å²) in [5.41, 5.74) is 3.64. The van der Waals surface area contributed by atoms with Crippen molar-refractivity contribution in [1.82, 2.24) is 4.57 Å². The number of benzene rings is 2. The van der Waals surface area contributed by atoms with Gasteiger partial charge in [-0.1, -0.05) is 30.4 Å². The van der Waals surface area contributed by atoms with Gasteiger partial charge in [0, 0.05) is 11.7 Å². The zero-order valence-corrected chi connectivity index (χ0v) is 17.7. The van der Waals surface area contributed by atoms with Crippen molar-refractivity contribution in [2.75, 3.05) is 5.32 Å². The lowest BCUT2D eigenvalue weighted by molar-refractivity contribution is -0.122. The fourth-order valence-electron chi connectivity index (χ4n) is 3.14. The van der Waals surface area contributed by atoms with E-state index < -0.39 is 6.10 Å². The number of nitrogens with one attached hydrogen (secondary N) is 1. The Kier molecular flexibility index (Phi) is 5.89. The van der Waals surface area contributed by atoms with Gasteiger partial charge >= 0.3 is 4.87 Å². The van der Waals surface area contributed by atoms with Gasteiger partial charge in [0.1, 0.15) is 5.75 Å². The maximum Gasteiger partial charge on any atom is 0.308 e. The van der Waals surface area contributed by atoms with E-state index in [-0.39, 0.29) is 16.8 Å². The predicted molar refractivity (Wildman–Crippen MR) is 116 cm³/mol. The Morgan fingerprint density at radius 1 is 1.18 bits per heavy atom. The van der Waals surface area contributed by atoms with Crippen LogP contribution in [0.2, 0.25) is 0 Å². The van der Waals surface area contributed by atoms with Crippen molar-refractivity contribution in [3.05, 3.63) is 57.2 Å². The Labute approximate surface area is 169 Å². The van der Waals surface area contributed by atoms with Gasteiger partial charge in [-0.15, -0.1) is 0 Å². The van der Waals surface area contributed by atoms with Crippen molar-refractivity contribution in [1.29, 1.82) is 0 Å². The van der Waals surface area contributed by atoms with E-state index in [0.29, 0.717) is 12.1 Å². The van der Waals surface area contributed by atoms with Crippen LogP contribution in [0.3, 0.4) is 0 Å². The number of carbonyl (C=O) groups is 1. The molecule has 1 amide bonds. The Balaban J connectivity index is 1.80. The largest absolute Gasteiger partial charge is 0.480 e. The number of hydrogen-bond acceptors (Lipinski definition) is 4. The van der Waals surface area contributed by atoms with Gasteiger partial charge in [-0.05, 0) is 69.5 Å². The van der Waals surface area contributed by atoms with Crippen LogP contribution in [0.4, 0.5) is 5.69 Å². The van der Waals surface area contributed by atoms with Crippen LogP contribution >= 0.6 is 11.3 Å². The molecule has 148 valence electrons. The molecule has 0 spiro atoms. The van der Waals surface area contributed by atoms with E-state index in [4.69, 9.17) is 4.74 Å². The van der Waals surface area contributed by atoms with E-state index in [9.17, 15) is 9.59 Å². The Morgan fingerprint density at radius 3 is 2.61 bits per heavy atom. The molecule has 6 heteroatoms. The summed E-state index contributed by atoms with van der Waals surface area (Å²) in [5, 5.41) is 2.93. The highest BCUT2D eigenvalue weighted by Crippen LogP contribution is 2.25. The lowest BCUT2D eigenvalue weighted by Gasteiger charge is -2.19. The summed E-state index contributed by atoms with van der Waals surface area (Å²) in [6.07, 6.45) is -0.0337. The molecule has 2 aromatic carbocycles. The van der Waals surface area contributed by atoms with E-state index in [1.165, 1.54) is 11.3 Å². The molecule has 28 heavy (non-hydrogen) atoms. The topological polar surface area (TPSA) is 60.3 Å². The number of rotatable bonds is 6. The Morgan fingerprint density at radius 2 is 1.93 bits per heavy atom. The van der Waals surface area contributed by atoms with Crippen LogP contribution in [-0.4, -0.2) is 16.6 Å². The highest BCUT2D eigenvalue weighted by molar-refractivity contribution is 7.16. The first-order valence-corrected chi connectivity index (χ1v) is 10.3. The second-order valence-electron chi connectivity index (χ2n) is 7.29. The molecule has 5 nitrogen and oxygen atoms in total. The van der Waals surface area contributed by atoms with E-state index in [1.54, 1.807) is 4.57 Å². The molecule has 1 atom stereocenters. The molecule has 1 heterocycles. The lowest BCUT2D eigenvalue weighted by atomic mass is 10.1. The van der Waals surface area contributed by atoms with E-state index in [2.05, 4.69) is 5.32 Å². The van der Waals surface area contributed by atoms with Gasteiger partial charge in [-0.3, -0.25) is 14.2 Å². The minimum atomic E-state index is -0.588. The van der Waals surface area contributed by atoms with Crippen molar-refractivity contribution in [2.24, 2.45) is 0 Å². The third kappa shape index (κ3) is 4.12. The normalized spacial score (nSPS) is 12.4. The van der Waals surface area contributed by atoms with Gasteiger partial charge in [0.15, 0.2) is 6.10 Å². The number of aryl methyl sites for hydroxylation is 2. The van der Waals surface area contributed by atoms with Crippen LogP contribution in [0.1, 0.15) is 44.4 Å². The molecule has 0 aliphatic rings. The van der Waals surface area contributed by atoms with Crippen molar-refractivity contribution < 1.29 is 9.53 Å². The van der Waals surface area contributed by atoms with Crippen LogP contribution in [0.25, 0.3) is 10.2 Å². The first kappa shape index (κ1) is 20.1. The fourth-order valence-corrected chi connectivity index (χ4v) is 4.19. The van der Waals surface area contributed by atoms with Crippen LogP contribution in [-0.2, 0) is 4.79 Å². The molecule has 0 aliphatic heterocycles. The molecule has 3 rings (SSSR count). The summed E-state index contributed by atoms with van der Waals surface area (Å²) in [7, 11) is 0. The number of ether oxygens (including phenoxy) is 1. The molecular formula is C22H26N2O3S. The van der Waals surface area contributed by atoms with Gasteiger partial charge in [-0.25, -0.2) is 0 Å². The molecule has 3 aromatic rings. The molecule has 0 saturated heterocycles. The third-order valence-electron chi connectivity index (χ3n) is 4.67. The first-order chi connectivity index (χ1) is 13.3.